The zero-order valence-corrected chi connectivity index (χ0v) is 13.6. The van der Waals surface area contributed by atoms with Crippen LogP contribution in [0.15, 0.2) is 30.3 Å². The van der Waals surface area contributed by atoms with Crippen LogP contribution in [0.3, 0.4) is 0 Å². The summed E-state index contributed by atoms with van der Waals surface area (Å²) in [4.78, 5) is 37.0. The van der Waals surface area contributed by atoms with Crippen LogP contribution in [0.25, 0.3) is 0 Å². The number of benzene rings is 1. The smallest absolute Gasteiger partial charge is 0.307 e. The summed E-state index contributed by atoms with van der Waals surface area (Å²) in [5, 5.41) is 0. The minimum Gasteiger partial charge on any atom is -0.469 e. The number of nitrogens with zero attached hydrogens (tertiary/aromatic N) is 1. The molecule has 0 bridgehead atoms. The fourth-order valence-electron chi connectivity index (χ4n) is 2.04. The summed E-state index contributed by atoms with van der Waals surface area (Å²) in [7, 11) is 2.85. The Labute approximate surface area is 136 Å². The number of rotatable bonds is 10. The fourth-order valence-corrected chi connectivity index (χ4v) is 2.04. The molecule has 0 radical (unpaired) electrons. The van der Waals surface area contributed by atoms with E-state index in [1.807, 2.05) is 6.07 Å². The molecule has 6 nitrogen and oxygen atoms in total. The van der Waals surface area contributed by atoms with Gasteiger partial charge in [0.25, 0.3) is 0 Å². The number of esters is 1. The molecule has 1 aromatic carbocycles. The number of hydrogen-bond donors (Lipinski definition) is 0. The minimum absolute atomic E-state index is 0.0707. The lowest BCUT2D eigenvalue weighted by Crippen LogP contribution is -2.36. The van der Waals surface area contributed by atoms with E-state index >= 15 is 0 Å². The van der Waals surface area contributed by atoms with Crippen LogP contribution in [-0.4, -0.2) is 56.5 Å². The number of methoxy groups -OCH3 is 2. The molecule has 0 saturated heterocycles. The largest absolute Gasteiger partial charge is 0.469 e. The Morgan fingerprint density at radius 3 is 2.26 bits per heavy atom. The Hall–Kier alpha value is -2.21. The molecule has 0 aromatic heterocycles. The van der Waals surface area contributed by atoms with Gasteiger partial charge in [0, 0.05) is 38.6 Å². The third kappa shape index (κ3) is 7.06. The highest BCUT2D eigenvalue weighted by Gasteiger charge is 2.17. The number of ether oxygens (including phenoxy) is 2. The fraction of sp³-hybridized carbons (Fsp3) is 0.471. The van der Waals surface area contributed by atoms with Crippen molar-refractivity contribution >= 4 is 17.7 Å². The van der Waals surface area contributed by atoms with Crippen molar-refractivity contribution in [3.8, 4) is 0 Å². The maximum absolute atomic E-state index is 12.3. The van der Waals surface area contributed by atoms with E-state index in [1.165, 1.54) is 12.0 Å². The quantitative estimate of drug-likeness (QED) is 0.484. The molecule has 23 heavy (non-hydrogen) atoms. The molecule has 126 valence electrons. The van der Waals surface area contributed by atoms with Gasteiger partial charge in [-0.25, -0.2) is 0 Å². The summed E-state index contributed by atoms with van der Waals surface area (Å²) in [5.41, 5.74) is 0.596. The van der Waals surface area contributed by atoms with Crippen LogP contribution in [0, 0.1) is 0 Å². The van der Waals surface area contributed by atoms with Gasteiger partial charge in [-0.05, 0) is 0 Å². The van der Waals surface area contributed by atoms with Gasteiger partial charge in [0.1, 0.15) is 0 Å². The van der Waals surface area contributed by atoms with Crippen LogP contribution in [0.1, 0.15) is 29.6 Å². The van der Waals surface area contributed by atoms with Crippen LogP contribution in [0.5, 0.6) is 0 Å². The molecule has 1 amide bonds. The van der Waals surface area contributed by atoms with E-state index in [-0.39, 0.29) is 43.5 Å². The maximum atomic E-state index is 12.3. The SMILES string of the molecule is COCCN(CCC(=O)OC)C(=O)CCC(=O)c1ccccc1. The second-order valence-electron chi connectivity index (χ2n) is 4.99. The lowest BCUT2D eigenvalue weighted by atomic mass is 10.1. The number of carbonyl (C=O) groups is 3. The molecule has 0 aliphatic carbocycles. The lowest BCUT2D eigenvalue weighted by molar-refractivity contribution is -0.142. The summed E-state index contributed by atoms with van der Waals surface area (Å²) < 4.78 is 9.55. The molecule has 0 atom stereocenters. The lowest BCUT2D eigenvalue weighted by Gasteiger charge is -2.21. The Balaban J connectivity index is 2.51. The number of ketones is 1. The number of hydrogen-bond acceptors (Lipinski definition) is 5. The van der Waals surface area contributed by atoms with Crippen LogP contribution in [-0.2, 0) is 19.1 Å². The molecule has 0 saturated carbocycles. The van der Waals surface area contributed by atoms with Gasteiger partial charge in [-0.1, -0.05) is 30.3 Å². The van der Waals surface area contributed by atoms with Gasteiger partial charge in [-0.3, -0.25) is 14.4 Å². The van der Waals surface area contributed by atoms with Crippen LogP contribution in [0.4, 0.5) is 0 Å². The van der Waals surface area contributed by atoms with Crippen molar-refractivity contribution in [3.63, 3.8) is 0 Å². The molecule has 0 heterocycles. The van der Waals surface area contributed by atoms with Crippen LogP contribution >= 0.6 is 0 Å². The highest BCUT2D eigenvalue weighted by atomic mass is 16.5. The normalized spacial score (nSPS) is 10.2. The highest BCUT2D eigenvalue weighted by Crippen LogP contribution is 2.07. The minimum atomic E-state index is -0.374. The van der Waals surface area contributed by atoms with Gasteiger partial charge in [-0.15, -0.1) is 0 Å². The predicted octanol–water partition coefficient (Wildman–Crippen LogP) is 1.69. The van der Waals surface area contributed by atoms with E-state index in [2.05, 4.69) is 4.74 Å². The van der Waals surface area contributed by atoms with Crippen molar-refractivity contribution in [2.75, 3.05) is 33.9 Å². The summed E-state index contributed by atoms with van der Waals surface area (Å²) in [6.45, 7) is 1.01. The first-order valence-corrected chi connectivity index (χ1v) is 7.50. The van der Waals surface area contributed by atoms with E-state index in [0.29, 0.717) is 18.7 Å². The molecule has 0 aliphatic rings. The second kappa shape index (κ2) is 10.5. The Bertz CT molecular complexity index is 515. The van der Waals surface area contributed by atoms with Gasteiger partial charge in [0.15, 0.2) is 5.78 Å². The summed E-state index contributed by atoms with van der Waals surface area (Å²) in [6, 6.07) is 8.87. The molecule has 0 fully saturated rings. The Morgan fingerprint density at radius 2 is 1.65 bits per heavy atom. The molecule has 6 heteroatoms. The number of amides is 1. The molecular formula is C17H23NO5. The average Bonchev–Trinajstić information content (AvgIpc) is 2.59. The van der Waals surface area contributed by atoms with Crippen LogP contribution in [0.2, 0.25) is 0 Å². The number of Topliss-reactive ketones (excluding diaryl/α,β-unsaturated/α-hetero) is 1. The first kappa shape index (κ1) is 18.8. The standard InChI is InChI=1S/C17H23NO5/c1-22-13-12-18(11-10-17(21)23-2)16(20)9-8-15(19)14-6-4-3-5-7-14/h3-7H,8-13H2,1-2H3. The zero-order valence-electron chi connectivity index (χ0n) is 13.6. The monoisotopic (exact) mass is 321 g/mol. The van der Waals surface area contributed by atoms with Gasteiger partial charge in [-0.2, -0.15) is 0 Å². The highest BCUT2D eigenvalue weighted by molar-refractivity contribution is 5.97. The van der Waals surface area contributed by atoms with Gasteiger partial charge in [0.2, 0.25) is 5.91 Å². The predicted molar refractivity (Wildman–Crippen MR) is 85.1 cm³/mol. The van der Waals surface area contributed by atoms with Gasteiger partial charge in [0.05, 0.1) is 20.1 Å². The topological polar surface area (TPSA) is 72.9 Å². The molecule has 0 unspecified atom stereocenters. The van der Waals surface area contributed by atoms with E-state index in [1.54, 1.807) is 31.4 Å². The first-order valence-electron chi connectivity index (χ1n) is 7.50. The molecule has 0 aliphatic heterocycles. The molecular weight excluding hydrogens is 298 g/mol. The van der Waals surface area contributed by atoms with E-state index in [4.69, 9.17) is 4.74 Å². The maximum Gasteiger partial charge on any atom is 0.307 e. The third-order valence-corrected chi connectivity index (χ3v) is 3.39. The van der Waals surface area contributed by atoms with Crippen LogP contribution < -0.4 is 0 Å². The van der Waals surface area contributed by atoms with Gasteiger partial charge >= 0.3 is 5.97 Å². The molecule has 1 rings (SSSR count). The van der Waals surface area contributed by atoms with Crippen molar-refractivity contribution in [1.82, 2.24) is 4.90 Å². The van der Waals surface area contributed by atoms with E-state index in [0.717, 1.165) is 0 Å². The van der Waals surface area contributed by atoms with E-state index in [9.17, 15) is 14.4 Å². The first-order chi connectivity index (χ1) is 11.1. The molecule has 1 aromatic rings. The van der Waals surface area contributed by atoms with Gasteiger partial charge < -0.3 is 14.4 Å². The number of carbonyl (C=O) groups excluding carboxylic acids is 3. The average molecular weight is 321 g/mol. The summed E-state index contributed by atoms with van der Waals surface area (Å²) in [5.74, 6) is -0.616. The molecule has 0 N–H and O–H groups in total. The van der Waals surface area contributed by atoms with Crippen molar-refractivity contribution in [1.29, 1.82) is 0 Å². The third-order valence-electron chi connectivity index (χ3n) is 3.39. The molecule has 0 spiro atoms. The van der Waals surface area contributed by atoms with Crippen molar-refractivity contribution < 1.29 is 23.9 Å². The van der Waals surface area contributed by atoms with Crippen molar-refractivity contribution in [2.45, 2.75) is 19.3 Å². The Morgan fingerprint density at radius 1 is 0.957 bits per heavy atom. The zero-order chi connectivity index (χ0) is 17.1. The second-order valence-corrected chi connectivity index (χ2v) is 4.99. The van der Waals surface area contributed by atoms with E-state index < -0.39 is 0 Å². The summed E-state index contributed by atoms with van der Waals surface area (Å²) in [6.07, 6.45) is 0.377. The Kier molecular flexibility index (Phi) is 8.60. The van der Waals surface area contributed by atoms with Crippen molar-refractivity contribution in [3.05, 3.63) is 35.9 Å². The van der Waals surface area contributed by atoms with Crippen molar-refractivity contribution in [2.24, 2.45) is 0 Å². The summed E-state index contributed by atoms with van der Waals surface area (Å²) >= 11 is 0.